The molecule has 0 saturated heterocycles. The van der Waals surface area contributed by atoms with Crippen LogP contribution in [0.2, 0.25) is 0 Å². The van der Waals surface area contributed by atoms with E-state index in [0.717, 1.165) is 5.56 Å². The second-order valence-electron chi connectivity index (χ2n) is 5.17. The van der Waals surface area contributed by atoms with E-state index in [1.54, 1.807) is 19.1 Å². The Balaban J connectivity index is 1.99. The average molecular weight is 390 g/mol. The van der Waals surface area contributed by atoms with Crippen molar-refractivity contribution in [3.8, 4) is 0 Å². The molecule has 1 rings (SSSR count). The number of carbonyl (C=O) groups excluding carboxylic acids is 1. The lowest BCUT2D eigenvalue weighted by molar-refractivity contribution is -0.148. The Morgan fingerprint density at radius 2 is 1.42 bits per heavy atom. The van der Waals surface area contributed by atoms with Gasteiger partial charge in [0.15, 0.2) is 0 Å². The van der Waals surface area contributed by atoms with Gasteiger partial charge in [-0.2, -0.15) is 8.42 Å². The molecular formula is C17H26O8S. The number of carbonyl (C=O) groups is 1. The van der Waals surface area contributed by atoms with Gasteiger partial charge in [0.05, 0.1) is 51.1 Å². The van der Waals surface area contributed by atoms with Crippen LogP contribution in [0.4, 0.5) is 0 Å². The SMILES string of the molecule is CCOC(=O)COCCOCCOCCOS(=O)(=O)c1ccc(C)cc1. The van der Waals surface area contributed by atoms with Gasteiger partial charge in [0.25, 0.3) is 10.1 Å². The molecule has 0 fully saturated rings. The second kappa shape index (κ2) is 12.8. The summed E-state index contributed by atoms with van der Waals surface area (Å²) < 4.78 is 49.0. The van der Waals surface area contributed by atoms with Crippen molar-refractivity contribution in [1.29, 1.82) is 0 Å². The zero-order valence-electron chi connectivity index (χ0n) is 15.1. The van der Waals surface area contributed by atoms with Gasteiger partial charge in [0, 0.05) is 0 Å². The number of benzene rings is 1. The fourth-order valence-electron chi connectivity index (χ4n) is 1.77. The highest BCUT2D eigenvalue weighted by molar-refractivity contribution is 7.86. The Morgan fingerprint density at radius 1 is 0.885 bits per heavy atom. The highest BCUT2D eigenvalue weighted by Crippen LogP contribution is 2.12. The summed E-state index contributed by atoms with van der Waals surface area (Å²) in [6, 6.07) is 6.42. The van der Waals surface area contributed by atoms with Crippen LogP contribution in [-0.2, 0) is 38.0 Å². The van der Waals surface area contributed by atoms with E-state index in [0.29, 0.717) is 26.4 Å². The summed E-state index contributed by atoms with van der Waals surface area (Å²) in [5.74, 6) is -0.406. The van der Waals surface area contributed by atoms with Crippen molar-refractivity contribution in [1.82, 2.24) is 0 Å². The van der Waals surface area contributed by atoms with Crippen LogP contribution in [0.5, 0.6) is 0 Å². The van der Waals surface area contributed by atoms with E-state index in [9.17, 15) is 13.2 Å². The predicted molar refractivity (Wildman–Crippen MR) is 93.4 cm³/mol. The van der Waals surface area contributed by atoms with Crippen LogP contribution in [0.1, 0.15) is 12.5 Å². The highest BCUT2D eigenvalue weighted by atomic mass is 32.2. The second-order valence-corrected chi connectivity index (χ2v) is 6.79. The molecule has 0 aliphatic carbocycles. The molecule has 0 spiro atoms. The number of esters is 1. The van der Waals surface area contributed by atoms with Gasteiger partial charge < -0.3 is 18.9 Å². The van der Waals surface area contributed by atoms with Crippen molar-refractivity contribution < 1.29 is 36.3 Å². The average Bonchev–Trinajstić information content (AvgIpc) is 2.60. The molecule has 1 aromatic rings. The number of hydrogen-bond acceptors (Lipinski definition) is 8. The number of aryl methyl sites for hydroxylation is 1. The Hall–Kier alpha value is -1.52. The van der Waals surface area contributed by atoms with Crippen LogP contribution < -0.4 is 0 Å². The summed E-state index contributed by atoms with van der Waals surface area (Å²) in [7, 11) is -3.76. The van der Waals surface area contributed by atoms with E-state index < -0.39 is 16.1 Å². The molecule has 0 atom stereocenters. The Kier molecular flexibility index (Phi) is 11.1. The maximum Gasteiger partial charge on any atom is 0.332 e. The monoisotopic (exact) mass is 390 g/mol. The van der Waals surface area contributed by atoms with E-state index in [4.69, 9.17) is 23.1 Å². The van der Waals surface area contributed by atoms with Crippen LogP contribution >= 0.6 is 0 Å². The number of ether oxygens (including phenoxy) is 4. The summed E-state index contributed by atoms with van der Waals surface area (Å²) in [6.45, 7) is 5.11. The molecule has 8 nitrogen and oxygen atoms in total. The number of hydrogen-bond donors (Lipinski definition) is 0. The standard InChI is InChI=1S/C17H26O8S/c1-3-24-17(18)14-23-11-10-21-8-9-22-12-13-25-26(19,20)16-6-4-15(2)5-7-16/h4-7H,3,8-14H2,1-2H3. The molecule has 0 aliphatic heterocycles. The van der Waals surface area contributed by atoms with Crippen molar-refractivity contribution in [3.63, 3.8) is 0 Å². The van der Waals surface area contributed by atoms with Gasteiger partial charge in [0.2, 0.25) is 0 Å². The summed E-state index contributed by atoms with van der Waals surface area (Å²) in [6.07, 6.45) is 0. The summed E-state index contributed by atoms with van der Waals surface area (Å²) >= 11 is 0. The molecule has 0 heterocycles. The molecule has 0 bridgehead atoms. The topological polar surface area (TPSA) is 97.4 Å². The molecule has 0 aliphatic rings. The lowest BCUT2D eigenvalue weighted by Crippen LogP contribution is -2.16. The van der Waals surface area contributed by atoms with E-state index in [2.05, 4.69) is 0 Å². The zero-order valence-corrected chi connectivity index (χ0v) is 16.0. The molecule has 0 amide bonds. The van der Waals surface area contributed by atoms with E-state index >= 15 is 0 Å². The predicted octanol–water partition coefficient (Wildman–Crippen LogP) is 1.31. The minimum absolute atomic E-state index is 0.0706. The minimum Gasteiger partial charge on any atom is -0.464 e. The Labute approximate surface area is 154 Å². The van der Waals surface area contributed by atoms with Crippen LogP contribution in [0.25, 0.3) is 0 Å². The third-order valence-corrected chi connectivity index (χ3v) is 4.37. The van der Waals surface area contributed by atoms with Crippen molar-refractivity contribution in [2.75, 3.05) is 52.9 Å². The van der Waals surface area contributed by atoms with Crippen LogP contribution in [0.3, 0.4) is 0 Å². The first kappa shape index (κ1) is 22.5. The molecule has 0 radical (unpaired) electrons. The molecule has 148 valence electrons. The molecule has 1 aromatic carbocycles. The molecular weight excluding hydrogens is 364 g/mol. The van der Waals surface area contributed by atoms with Crippen LogP contribution in [-0.4, -0.2) is 67.2 Å². The third-order valence-electron chi connectivity index (χ3n) is 3.05. The third kappa shape index (κ3) is 9.83. The fourth-order valence-corrected chi connectivity index (χ4v) is 2.67. The Bertz CT molecular complexity index is 612. The largest absolute Gasteiger partial charge is 0.464 e. The zero-order chi connectivity index (χ0) is 19.3. The summed E-state index contributed by atoms with van der Waals surface area (Å²) in [4.78, 5) is 11.1. The van der Waals surface area contributed by atoms with Crippen LogP contribution in [0.15, 0.2) is 29.2 Å². The summed E-state index contributed by atoms with van der Waals surface area (Å²) in [5.41, 5.74) is 0.971. The fraction of sp³-hybridized carbons (Fsp3) is 0.588. The normalized spacial score (nSPS) is 11.5. The van der Waals surface area contributed by atoms with Crippen molar-refractivity contribution >= 4 is 16.1 Å². The molecule has 26 heavy (non-hydrogen) atoms. The summed E-state index contributed by atoms with van der Waals surface area (Å²) in [5, 5.41) is 0. The molecule has 9 heteroatoms. The maximum atomic E-state index is 11.9. The molecule has 0 N–H and O–H groups in total. The van der Waals surface area contributed by atoms with Crippen molar-refractivity contribution in [2.24, 2.45) is 0 Å². The lowest BCUT2D eigenvalue weighted by Gasteiger charge is -2.08. The molecule has 0 saturated carbocycles. The van der Waals surface area contributed by atoms with Crippen molar-refractivity contribution in [2.45, 2.75) is 18.7 Å². The van der Waals surface area contributed by atoms with E-state index in [1.165, 1.54) is 12.1 Å². The van der Waals surface area contributed by atoms with Gasteiger partial charge >= 0.3 is 5.97 Å². The van der Waals surface area contributed by atoms with Gasteiger partial charge in [-0.15, -0.1) is 0 Å². The first-order valence-electron chi connectivity index (χ1n) is 8.30. The van der Waals surface area contributed by atoms with Crippen LogP contribution in [0, 0.1) is 6.92 Å². The van der Waals surface area contributed by atoms with Crippen molar-refractivity contribution in [3.05, 3.63) is 29.8 Å². The maximum absolute atomic E-state index is 11.9. The number of rotatable bonds is 14. The smallest absolute Gasteiger partial charge is 0.332 e. The van der Waals surface area contributed by atoms with E-state index in [1.807, 2.05) is 6.92 Å². The molecule has 0 unspecified atom stereocenters. The molecule has 0 aromatic heterocycles. The van der Waals surface area contributed by atoms with Gasteiger partial charge in [-0.3, -0.25) is 4.18 Å². The first-order valence-corrected chi connectivity index (χ1v) is 9.71. The quantitative estimate of drug-likeness (QED) is 0.266. The van der Waals surface area contributed by atoms with E-state index in [-0.39, 0.29) is 31.3 Å². The lowest BCUT2D eigenvalue weighted by atomic mass is 10.2. The van der Waals surface area contributed by atoms with Gasteiger partial charge in [-0.25, -0.2) is 4.79 Å². The van der Waals surface area contributed by atoms with Gasteiger partial charge in [0.1, 0.15) is 6.61 Å². The minimum atomic E-state index is -3.76. The van der Waals surface area contributed by atoms with Gasteiger partial charge in [-0.1, -0.05) is 17.7 Å². The Morgan fingerprint density at radius 3 is 2.00 bits per heavy atom. The van der Waals surface area contributed by atoms with Gasteiger partial charge in [-0.05, 0) is 26.0 Å². The first-order chi connectivity index (χ1) is 12.5. The highest BCUT2D eigenvalue weighted by Gasteiger charge is 2.14.